The van der Waals surface area contributed by atoms with Crippen molar-refractivity contribution in [2.24, 2.45) is 0 Å². The van der Waals surface area contributed by atoms with Crippen LogP contribution in [0.1, 0.15) is 16.7 Å². The maximum Gasteiger partial charge on any atom is 0.135 e. The summed E-state index contributed by atoms with van der Waals surface area (Å²) < 4.78 is 0. The molecule has 19 heavy (non-hydrogen) atoms. The number of benzene rings is 1. The van der Waals surface area contributed by atoms with Gasteiger partial charge in [-0.15, -0.1) is 0 Å². The lowest BCUT2D eigenvalue weighted by atomic mass is 10.1. The van der Waals surface area contributed by atoms with Crippen molar-refractivity contribution in [3.8, 4) is 6.07 Å². The number of nitrogens with zero attached hydrogens (tertiary/aromatic N) is 3. The number of aryl methyl sites for hydroxylation is 2. The summed E-state index contributed by atoms with van der Waals surface area (Å²) in [7, 11) is 1.91. The van der Waals surface area contributed by atoms with Gasteiger partial charge in [0.15, 0.2) is 0 Å². The molecule has 0 aliphatic heterocycles. The van der Waals surface area contributed by atoms with Gasteiger partial charge < -0.3 is 4.90 Å². The average Bonchev–Trinajstić information content (AvgIpc) is 2.37. The van der Waals surface area contributed by atoms with Crippen LogP contribution in [0.4, 0.5) is 11.5 Å². The van der Waals surface area contributed by atoms with E-state index < -0.39 is 0 Å². The van der Waals surface area contributed by atoms with Gasteiger partial charge in [-0.3, -0.25) is 0 Å². The van der Waals surface area contributed by atoms with Gasteiger partial charge in [0.1, 0.15) is 11.0 Å². The maximum absolute atomic E-state index is 8.97. The monoisotopic (exact) mass is 271 g/mol. The topological polar surface area (TPSA) is 39.9 Å². The lowest BCUT2D eigenvalue weighted by Gasteiger charge is -2.21. The second-order valence-electron chi connectivity index (χ2n) is 4.50. The molecule has 0 unspecified atom stereocenters. The van der Waals surface area contributed by atoms with E-state index in [1.54, 1.807) is 12.1 Å². The molecule has 0 bridgehead atoms. The highest BCUT2D eigenvalue weighted by Crippen LogP contribution is 2.27. The van der Waals surface area contributed by atoms with Crippen molar-refractivity contribution < 1.29 is 0 Å². The first kappa shape index (κ1) is 13.4. The molecule has 4 heteroatoms. The zero-order valence-corrected chi connectivity index (χ0v) is 11.9. The zero-order valence-electron chi connectivity index (χ0n) is 11.1. The highest BCUT2D eigenvalue weighted by molar-refractivity contribution is 6.29. The summed E-state index contributed by atoms with van der Waals surface area (Å²) in [4.78, 5) is 6.19. The van der Waals surface area contributed by atoms with Gasteiger partial charge in [-0.1, -0.05) is 29.3 Å². The minimum atomic E-state index is 0.325. The molecule has 0 amide bonds. The Hall–Kier alpha value is -2.05. The van der Waals surface area contributed by atoms with Gasteiger partial charge in [0, 0.05) is 12.7 Å². The molecule has 1 aromatic carbocycles. The van der Waals surface area contributed by atoms with Crippen LogP contribution in [0.15, 0.2) is 30.3 Å². The van der Waals surface area contributed by atoms with Gasteiger partial charge in [-0.25, -0.2) is 4.98 Å². The Bertz CT molecular complexity index is 659. The molecule has 2 rings (SSSR count). The number of nitriles is 1. The van der Waals surface area contributed by atoms with Gasteiger partial charge in [-0.05, 0) is 37.6 Å². The molecule has 1 aromatic heterocycles. The van der Waals surface area contributed by atoms with Crippen molar-refractivity contribution in [2.45, 2.75) is 13.8 Å². The van der Waals surface area contributed by atoms with Crippen molar-refractivity contribution >= 4 is 23.1 Å². The molecule has 0 radical (unpaired) electrons. The molecule has 0 saturated carbocycles. The lowest BCUT2D eigenvalue weighted by molar-refractivity contribution is 1.11. The first-order valence-electron chi connectivity index (χ1n) is 5.90. The summed E-state index contributed by atoms with van der Waals surface area (Å²) in [6.07, 6.45) is 0. The van der Waals surface area contributed by atoms with Gasteiger partial charge >= 0.3 is 0 Å². The van der Waals surface area contributed by atoms with E-state index in [-0.39, 0.29) is 0 Å². The van der Waals surface area contributed by atoms with E-state index in [0.717, 1.165) is 11.3 Å². The van der Waals surface area contributed by atoms with Crippen LogP contribution < -0.4 is 4.90 Å². The first-order chi connectivity index (χ1) is 9.01. The van der Waals surface area contributed by atoms with Crippen LogP contribution in [-0.2, 0) is 0 Å². The van der Waals surface area contributed by atoms with Gasteiger partial charge in [0.05, 0.1) is 11.6 Å². The standard InChI is InChI=1S/C15H14ClN3/c1-10-4-5-13(11(2)6-10)19(3)15-8-12(9-17)7-14(16)18-15/h4-8H,1-3H3. The van der Waals surface area contributed by atoms with Crippen LogP contribution in [0.2, 0.25) is 5.15 Å². The number of hydrogen-bond donors (Lipinski definition) is 0. The van der Waals surface area contributed by atoms with Crippen molar-refractivity contribution in [2.75, 3.05) is 11.9 Å². The Kier molecular flexibility index (Phi) is 3.73. The number of pyridine rings is 1. The Labute approximate surface area is 118 Å². The molecule has 0 spiro atoms. The number of hydrogen-bond acceptors (Lipinski definition) is 3. The third kappa shape index (κ3) is 2.86. The molecule has 0 aliphatic rings. The summed E-state index contributed by atoms with van der Waals surface area (Å²) in [6.45, 7) is 4.11. The summed E-state index contributed by atoms with van der Waals surface area (Å²) >= 11 is 5.94. The lowest BCUT2D eigenvalue weighted by Crippen LogP contribution is -2.13. The Morgan fingerprint density at radius 3 is 2.58 bits per heavy atom. The fourth-order valence-electron chi connectivity index (χ4n) is 2.02. The van der Waals surface area contributed by atoms with E-state index in [0.29, 0.717) is 16.5 Å². The second-order valence-corrected chi connectivity index (χ2v) is 4.88. The SMILES string of the molecule is Cc1ccc(N(C)c2cc(C#N)cc(Cl)n2)c(C)c1. The smallest absolute Gasteiger partial charge is 0.135 e. The van der Waals surface area contributed by atoms with Crippen LogP contribution >= 0.6 is 11.6 Å². The van der Waals surface area contributed by atoms with E-state index in [9.17, 15) is 0 Å². The highest BCUT2D eigenvalue weighted by atomic mass is 35.5. The third-order valence-electron chi connectivity index (χ3n) is 2.97. The van der Waals surface area contributed by atoms with E-state index in [4.69, 9.17) is 16.9 Å². The first-order valence-corrected chi connectivity index (χ1v) is 6.27. The Morgan fingerprint density at radius 2 is 1.95 bits per heavy atom. The fraction of sp³-hybridized carbons (Fsp3) is 0.200. The number of halogens is 1. The largest absolute Gasteiger partial charge is 0.329 e. The summed E-state index contributed by atoms with van der Waals surface area (Å²) in [5.74, 6) is 0.663. The van der Waals surface area contributed by atoms with Gasteiger partial charge in [0.2, 0.25) is 0 Å². The van der Waals surface area contributed by atoms with Gasteiger partial charge in [0.25, 0.3) is 0 Å². The Morgan fingerprint density at radius 1 is 1.21 bits per heavy atom. The minimum absolute atomic E-state index is 0.325. The summed E-state index contributed by atoms with van der Waals surface area (Å²) in [5.41, 5.74) is 3.92. The molecule has 2 aromatic rings. The second kappa shape index (κ2) is 5.29. The van der Waals surface area contributed by atoms with Crippen LogP contribution in [-0.4, -0.2) is 12.0 Å². The molecular weight excluding hydrogens is 258 g/mol. The quantitative estimate of drug-likeness (QED) is 0.776. The van der Waals surface area contributed by atoms with Crippen molar-refractivity contribution in [1.82, 2.24) is 4.98 Å². The maximum atomic E-state index is 8.97. The molecule has 1 heterocycles. The van der Waals surface area contributed by atoms with E-state index >= 15 is 0 Å². The van der Waals surface area contributed by atoms with Crippen LogP contribution in [0, 0.1) is 25.2 Å². The number of aromatic nitrogens is 1. The fourth-order valence-corrected chi connectivity index (χ4v) is 2.23. The van der Waals surface area contributed by atoms with E-state index in [1.807, 2.05) is 18.0 Å². The van der Waals surface area contributed by atoms with Crippen LogP contribution in [0.5, 0.6) is 0 Å². The Balaban J connectivity index is 2.47. The summed E-state index contributed by atoms with van der Waals surface area (Å²) in [5, 5.41) is 9.30. The van der Waals surface area contributed by atoms with Crippen molar-refractivity contribution in [3.63, 3.8) is 0 Å². The molecule has 0 aliphatic carbocycles. The molecule has 0 atom stereocenters. The van der Waals surface area contributed by atoms with Crippen molar-refractivity contribution in [1.29, 1.82) is 5.26 Å². The molecule has 96 valence electrons. The van der Waals surface area contributed by atoms with E-state index in [1.165, 1.54) is 5.56 Å². The van der Waals surface area contributed by atoms with E-state index in [2.05, 4.69) is 37.0 Å². The molecule has 0 N–H and O–H groups in total. The predicted molar refractivity (Wildman–Crippen MR) is 77.9 cm³/mol. The third-order valence-corrected chi connectivity index (χ3v) is 3.16. The zero-order chi connectivity index (χ0) is 14.0. The minimum Gasteiger partial charge on any atom is -0.329 e. The average molecular weight is 272 g/mol. The number of rotatable bonds is 2. The molecule has 3 nitrogen and oxygen atoms in total. The molecular formula is C15H14ClN3. The predicted octanol–water partition coefficient (Wildman–Crippen LogP) is 3.99. The highest BCUT2D eigenvalue weighted by Gasteiger charge is 2.10. The normalized spacial score (nSPS) is 10.1. The van der Waals surface area contributed by atoms with Crippen LogP contribution in [0.3, 0.4) is 0 Å². The molecule has 0 saturated heterocycles. The number of anilines is 2. The van der Waals surface area contributed by atoms with Crippen molar-refractivity contribution in [3.05, 3.63) is 52.2 Å². The molecule has 0 fully saturated rings. The van der Waals surface area contributed by atoms with Gasteiger partial charge in [-0.2, -0.15) is 5.26 Å². The summed E-state index contributed by atoms with van der Waals surface area (Å²) in [6, 6.07) is 11.6. The van der Waals surface area contributed by atoms with Crippen LogP contribution in [0.25, 0.3) is 0 Å².